The standard InChI is InChI=1S/C45H84O6/c1-5-8-11-14-17-20-23-26-29-32-35-38-41(46)39(36-33-30-27-24-21-18-15-12-9-6-2)42(47)43(48)40(45(4,51)44(49)50)37-34-31-28-25-22-19-16-13-10-7-3/h39-40,51H,5-38H2,1-4H3,(H,49,50). The zero-order chi connectivity index (χ0) is 38.0. The minimum atomic E-state index is -2.35. The van der Waals surface area contributed by atoms with Crippen molar-refractivity contribution in [3.05, 3.63) is 0 Å². The molecule has 6 heteroatoms. The number of hydrogen-bond donors (Lipinski definition) is 2. The van der Waals surface area contributed by atoms with Crippen LogP contribution in [-0.4, -0.2) is 39.1 Å². The van der Waals surface area contributed by atoms with Gasteiger partial charge in [-0.3, -0.25) is 14.4 Å². The molecule has 3 unspecified atom stereocenters. The van der Waals surface area contributed by atoms with Gasteiger partial charge in [0.25, 0.3) is 0 Å². The van der Waals surface area contributed by atoms with E-state index in [2.05, 4.69) is 20.8 Å². The number of Topliss-reactive ketones (excluding diaryl/α,β-unsaturated/α-hetero) is 3. The van der Waals surface area contributed by atoms with Gasteiger partial charge in [-0.25, -0.2) is 4.79 Å². The lowest BCUT2D eigenvalue weighted by atomic mass is 9.76. The molecule has 0 saturated carbocycles. The summed E-state index contributed by atoms with van der Waals surface area (Å²) in [6, 6.07) is 0. The molecule has 0 aromatic carbocycles. The second kappa shape index (κ2) is 34.2. The van der Waals surface area contributed by atoms with Crippen LogP contribution < -0.4 is 0 Å². The third-order valence-electron chi connectivity index (χ3n) is 11.1. The number of aliphatic carboxylic acids is 1. The summed E-state index contributed by atoms with van der Waals surface area (Å²) in [5.74, 6) is -5.72. The minimum Gasteiger partial charge on any atom is -0.479 e. The second-order valence-electron chi connectivity index (χ2n) is 16.0. The summed E-state index contributed by atoms with van der Waals surface area (Å²) in [6.45, 7) is 7.80. The van der Waals surface area contributed by atoms with Gasteiger partial charge in [0.2, 0.25) is 11.6 Å². The average molecular weight is 721 g/mol. The van der Waals surface area contributed by atoms with Gasteiger partial charge < -0.3 is 10.2 Å². The maximum Gasteiger partial charge on any atom is 0.336 e. The number of carbonyl (C=O) groups excluding carboxylic acids is 3. The fourth-order valence-electron chi connectivity index (χ4n) is 7.41. The lowest BCUT2D eigenvalue weighted by Gasteiger charge is -2.28. The molecule has 0 heterocycles. The molecule has 0 saturated heterocycles. The SMILES string of the molecule is CCCCCCCCCCCCCC(=O)C(CCCCCCCCCCCC)C(=O)C(=O)C(CCCCCCCCCCCC)C(C)(O)C(=O)O. The molecule has 0 radical (unpaired) electrons. The maximum atomic E-state index is 13.8. The van der Waals surface area contributed by atoms with Crippen LogP contribution in [0.1, 0.15) is 246 Å². The number of carboxylic acids is 1. The molecule has 0 spiro atoms. The molecule has 0 aromatic rings. The summed E-state index contributed by atoms with van der Waals surface area (Å²) in [6.07, 6.45) is 35.9. The van der Waals surface area contributed by atoms with Crippen molar-refractivity contribution in [3.8, 4) is 0 Å². The smallest absolute Gasteiger partial charge is 0.336 e. The summed E-state index contributed by atoms with van der Waals surface area (Å²) in [4.78, 5) is 53.2. The number of aliphatic hydroxyl groups is 1. The predicted octanol–water partition coefficient (Wildman–Crippen LogP) is 13.1. The highest BCUT2D eigenvalue weighted by Crippen LogP contribution is 2.29. The summed E-state index contributed by atoms with van der Waals surface area (Å²) in [7, 11) is 0. The van der Waals surface area contributed by atoms with Gasteiger partial charge in [-0.15, -0.1) is 0 Å². The first kappa shape index (κ1) is 49.4. The van der Waals surface area contributed by atoms with Gasteiger partial charge in [0.1, 0.15) is 5.78 Å². The van der Waals surface area contributed by atoms with Crippen LogP contribution in [0.25, 0.3) is 0 Å². The molecule has 300 valence electrons. The first-order valence-electron chi connectivity index (χ1n) is 22.2. The molecule has 0 amide bonds. The van der Waals surface area contributed by atoms with Crippen LogP contribution in [0.15, 0.2) is 0 Å². The van der Waals surface area contributed by atoms with Gasteiger partial charge >= 0.3 is 5.97 Å². The second-order valence-corrected chi connectivity index (χ2v) is 16.0. The number of rotatable bonds is 40. The summed E-state index contributed by atoms with van der Waals surface area (Å²) < 4.78 is 0. The summed E-state index contributed by atoms with van der Waals surface area (Å²) in [5, 5.41) is 20.8. The third-order valence-corrected chi connectivity index (χ3v) is 11.1. The maximum absolute atomic E-state index is 13.8. The van der Waals surface area contributed by atoms with Crippen LogP contribution in [0, 0.1) is 11.8 Å². The van der Waals surface area contributed by atoms with Crippen molar-refractivity contribution in [2.75, 3.05) is 0 Å². The van der Waals surface area contributed by atoms with Crippen molar-refractivity contribution in [2.45, 2.75) is 252 Å². The van der Waals surface area contributed by atoms with Gasteiger partial charge in [0, 0.05) is 6.42 Å². The number of ketones is 3. The van der Waals surface area contributed by atoms with Gasteiger partial charge in [-0.2, -0.15) is 0 Å². The largest absolute Gasteiger partial charge is 0.479 e. The molecule has 0 aliphatic carbocycles. The van der Waals surface area contributed by atoms with Crippen LogP contribution >= 0.6 is 0 Å². The Hall–Kier alpha value is -1.56. The predicted molar refractivity (Wildman–Crippen MR) is 214 cm³/mol. The lowest BCUT2D eigenvalue weighted by Crippen LogP contribution is -2.50. The monoisotopic (exact) mass is 721 g/mol. The zero-order valence-electron chi connectivity index (χ0n) is 34.2. The van der Waals surface area contributed by atoms with Crippen LogP contribution in [0.4, 0.5) is 0 Å². The lowest BCUT2D eigenvalue weighted by molar-refractivity contribution is -0.167. The molecular formula is C45H84O6. The number of hydrogen-bond acceptors (Lipinski definition) is 5. The highest BCUT2D eigenvalue weighted by Gasteiger charge is 2.47. The molecule has 0 fully saturated rings. The Morgan fingerprint density at radius 2 is 0.725 bits per heavy atom. The van der Waals surface area contributed by atoms with Crippen molar-refractivity contribution in [3.63, 3.8) is 0 Å². The van der Waals surface area contributed by atoms with E-state index in [4.69, 9.17) is 0 Å². The molecule has 6 nitrogen and oxygen atoms in total. The van der Waals surface area contributed by atoms with E-state index in [0.717, 1.165) is 64.7 Å². The first-order valence-corrected chi connectivity index (χ1v) is 22.2. The Bertz CT molecular complexity index is 865. The van der Waals surface area contributed by atoms with Gasteiger partial charge in [-0.1, -0.05) is 213 Å². The molecule has 0 aromatic heterocycles. The molecule has 0 rings (SSSR count). The van der Waals surface area contributed by atoms with Crippen LogP contribution in [-0.2, 0) is 19.2 Å². The highest BCUT2D eigenvalue weighted by atomic mass is 16.4. The first-order chi connectivity index (χ1) is 24.6. The Morgan fingerprint density at radius 1 is 0.431 bits per heavy atom. The topological polar surface area (TPSA) is 109 Å². The van der Waals surface area contributed by atoms with E-state index < -0.39 is 35.0 Å². The third kappa shape index (κ3) is 26.0. The van der Waals surface area contributed by atoms with E-state index in [9.17, 15) is 29.4 Å². The number of carboxylic acid groups (broad SMARTS) is 1. The molecule has 0 aliphatic rings. The van der Waals surface area contributed by atoms with Crippen molar-refractivity contribution >= 4 is 23.3 Å². The Morgan fingerprint density at radius 3 is 1.06 bits per heavy atom. The summed E-state index contributed by atoms with van der Waals surface area (Å²) >= 11 is 0. The minimum absolute atomic E-state index is 0.137. The fraction of sp³-hybridized carbons (Fsp3) is 0.911. The van der Waals surface area contributed by atoms with Crippen molar-refractivity contribution in [1.82, 2.24) is 0 Å². The number of unbranched alkanes of at least 4 members (excludes halogenated alkanes) is 28. The van der Waals surface area contributed by atoms with E-state index in [1.165, 1.54) is 122 Å². The zero-order valence-corrected chi connectivity index (χ0v) is 34.2. The molecule has 2 N–H and O–H groups in total. The Balaban J connectivity index is 5.17. The van der Waals surface area contributed by atoms with Crippen molar-refractivity contribution < 1.29 is 29.4 Å². The van der Waals surface area contributed by atoms with Gasteiger partial charge in [0.05, 0.1) is 11.8 Å². The van der Waals surface area contributed by atoms with Crippen molar-refractivity contribution in [1.29, 1.82) is 0 Å². The summed E-state index contributed by atoms with van der Waals surface area (Å²) in [5.41, 5.74) is -2.35. The molecule has 0 aliphatic heterocycles. The van der Waals surface area contributed by atoms with Gasteiger partial charge in [0.15, 0.2) is 5.60 Å². The fourth-order valence-corrected chi connectivity index (χ4v) is 7.41. The number of carbonyl (C=O) groups is 4. The van der Waals surface area contributed by atoms with E-state index in [0.29, 0.717) is 25.7 Å². The van der Waals surface area contributed by atoms with Crippen LogP contribution in [0.2, 0.25) is 0 Å². The van der Waals surface area contributed by atoms with Crippen molar-refractivity contribution in [2.24, 2.45) is 11.8 Å². The molecular weight excluding hydrogens is 636 g/mol. The van der Waals surface area contributed by atoms with E-state index in [-0.39, 0.29) is 18.6 Å². The molecule has 0 bridgehead atoms. The van der Waals surface area contributed by atoms with E-state index in [1.807, 2.05) is 0 Å². The van der Waals surface area contributed by atoms with Gasteiger partial charge in [-0.05, 0) is 26.2 Å². The van der Waals surface area contributed by atoms with E-state index in [1.54, 1.807) is 0 Å². The quantitative estimate of drug-likeness (QED) is 0.0370. The average Bonchev–Trinajstić information content (AvgIpc) is 3.11. The Kier molecular flexibility index (Phi) is 33.2. The Labute approximate surface area is 315 Å². The highest BCUT2D eigenvalue weighted by molar-refractivity contribution is 6.42. The normalized spacial score (nSPS) is 13.9. The van der Waals surface area contributed by atoms with Crippen LogP contribution in [0.3, 0.4) is 0 Å². The van der Waals surface area contributed by atoms with Crippen LogP contribution in [0.5, 0.6) is 0 Å². The molecule has 51 heavy (non-hydrogen) atoms. The molecule has 3 atom stereocenters. The van der Waals surface area contributed by atoms with E-state index >= 15 is 0 Å².